The Kier molecular flexibility index (Phi) is 3.75. The molecule has 0 spiro atoms. The average Bonchev–Trinajstić information content (AvgIpc) is 3.01. The Balaban J connectivity index is 1.79. The molecule has 19 heavy (non-hydrogen) atoms. The normalized spacial score (nSPS) is 31.1. The molecule has 0 aliphatic carbocycles. The highest BCUT2D eigenvalue weighted by atomic mass is 32.2. The van der Waals surface area contributed by atoms with Gasteiger partial charge in [0.1, 0.15) is 0 Å². The van der Waals surface area contributed by atoms with Crippen molar-refractivity contribution in [3.05, 3.63) is 30.1 Å². The lowest BCUT2D eigenvalue weighted by Gasteiger charge is -2.27. The van der Waals surface area contributed by atoms with Gasteiger partial charge in [0, 0.05) is 43.7 Å². The monoisotopic (exact) mass is 277 g/mol. The lowest BCUT2D eigenvalue weighted by molar-refractivity contribution is -0.127. The van der Waals surface area contributed by atoms with Crippen LogP contribution in [0.1, 0.15) is 24.4 Å². The average molecular weight is 277 g/mol. The first-order chi connectivity index (χ1) is 9.25. The van der Waals surface area contributed by atoms with E-state index in [-0.39, 0.29) is 18.0 Å². The van der Waals surface area contributed by atoms with E-state index >= 15 is 0 Å². The first kappa shape index (κ1) is 12.9. The van der Waals surface area contributed by atoms with Gasteiger partial charge < -0.3 is 10.2 Å². The van der Waals surface area contributed by atoms with Crippen LogP contribution in [0.5, 0.6) is 0 Å². The third kappa shape index (κ3) is 2.62. The lowest BCUT2D eigenvalue weighted by atomic mass is 10.0. The topological polar surface area (TPSA) is 45.2 Å². The van der Waals surface area contributed by atoms with E-state index in [0.29, 0.717) is 12.5 Å². The second-order valence-corrected chi connectivity index (χ2v) is 6.42. The fraction of sp³-hybridized carbons (Fsp3) is 0.571. The summed E-state index contributed by atoms with van der Waals surface area (Å²) in [5, 5.41) is 3.68. The van der Waals surface area contributed by atoms with Crippen molar-refractivity contribution in [1.82, 2.24) is 15.2 Å². The van der Waals surface area contributed by atoms with Crippen molar-refractivity contribution in [2.45, 2.75) is 31.0 Å². The molecular weight excluding hydrogens is 258 g/mol. The predicted molar refractivity (Wildman–Crippen MR) is 77.0 cm³/mol. The van der Waals surface area contributed by atoms with Gasteiger partial charge in [-0.25, -0.2) is 0 Å². The van der Waals surface area contributed by atoms with E-state index < -0.39 is 0 Å². The molecule has 3 rings (SSSR count). The number of likely N-dealkylation sites (tertiary alicyclic amines) is 1. The summed E-state index contributed by atoms with van der Waals surface area (Å²) in [5.41, 5.74) is 1.12. The highest BCUT2D eigenvalue weighted by molar-refractivity contribution is 7.99. The van der Waals surface area contributed by atoms with Crippen LogP contribution in [0.25, 0.3) is 0 Å². The molecule has 2 aliphatic rings. The Hall–Kier alpha value is -1.07. The number of carbonyl (C=O) groups excluding carboxylic acids is 1. The van der Waals surface area contributed by atoms with E-state index in [1.807, 2.05) is 36.0 Å². The maximum atomic E-state index is 12.0. The molecule has 3 heterocycles. The maximum Gasteiger partial charge on any atom is 0.224 e. The van der Waals surface area contributed by atoms with E-state index in [0.717, 1.165) is 11.3 Å². The third-order valence-electron chi connectivity index (χ3n) is 3.99. The first-order valence-corrected chi connectivity index (χ1v) is 7.90. The summed E-state index contributed by atoms with van der Waals surface area (Å²) in [6.07, 6.45) is 5.45. The van der Waals surface area contributed by atoms with E-state index in [1.54, 1.807) is 6.20 Å². The van der Waals surface area contributed by atoms with Crippen LogP contribution < -0.4 is 5.32 Å². The molecule has 1 aromatic rings. The molecule has 3 atom stereocenters. The molecule has 0 saturated carbocycles. The highest BCUT2D eigenvalue weighted by Gasteiger charge is 2.39. The smallest absolute Gasteiger partial charge is 0.224 e. The Bertz CT molecular complexity index is 447. The Morgan fingerprint density at radius 3 is 3.11 bits per heavy atom. The largest absolute Gasteiger partial charge is 0.337 e. The second kappa shape index (κ2) is 5.51. The molecule has 0 bridgehead atoms. The molecule has 1 N–H and O–H groups in total. The van der Waals surface area contributed by atoms with Crippen molar-refractivity contribution in [1.29, 1.82) is 0 Å². The van der Waals surface area contributed by atoms with Crippen LogP contribution in [0.3, 0.4) is 0 Å². The number of hydrogen-bond acceptors (Lipinski definition) is 4. The molecule has 5 heteroatoms. The highest BCUT2D eigenvalue weighted by Crippen LogP contribution is 2.32. The summed E-state index contributed by atoms with van der Waals surface area (Å²) >= 11 is 1.99. The number of amides is 1. The number of aromatic nitrogens is 1. The molecule has 4 nitrogen and oxygen atoms in total. The van der Waals surface area contributed by atoms with Crippen LogP contribution in [0.2, 0.25) is 0 Å². The van der Waals surface area contributed by atoms with E-state index in [2.05, 4.69) is 16.4 Å². The zero-order chi connectivity index (χ0) is 13.2. The van der Waals surface area contributed by atoms with Crippen molar-refractivity contribution in [3.8, 4) is 0 Å². The Morgan fingerprint density at radius 1 is 1.53 bits per heavy atom. The predicted octanol–water partition coefficient (Wildman–Crippen LogP) is 1.45. The van der Waals surface area contributed by atoms with Gasteiger partial charge in [0.2, 0.25) is 5.91 Å². The molecule has 0 aromatic carbocycles. The van der Waals surface area contributed by atoms with Crippen LogP contribution in [0, 0.1) is 0 Å². The van der Waals surface area contributed by atoms with Gasteiger partial charge in [-0.1, -0.05) is 6.07 Å². The number of carbonyl (C=O) groups is 1. The summed E-state index contributed by atoms with van der Waals surface area (Å²) in [7, 11) is 1.89. The maximum absolute atomic E-state index is 12.0. The van der Waals surface area contributed by atoms with Crippen molar-refractivity contribution in [2.75, 3.05) is 18.6 Å². The Labute approximate surface area is 118 Å². The summed E-state index contributed by atoms with van der Waals surface area (Å²) in [6.45, 7) is 0. The van der Waals surface area contributed by atoms with E-state index in [9.17, 15) is 4.79 Å². The van der Waals surface area contributed by atoms with Gasteiger partial charge in [-0.15, -0.1) is 0 Å². The molecule has 2 fully saturated rings. The summed E-state index contributed by atoms with van der Waals surface area (Å²) in [4.78, 5) is 18.0. The van der Waals surface area contributed by atoms with Crippen LogP contribution in [-0.4, -0.2) is 46.4 Å². The number of rotatable bonds is 3. The summed E-state index contributed by atoms with van der Waals surface area (Å²) in [6, 6.07) is 4.88. The van der Waals surface area contributed by atoms with Gasteiger partial charge in [-0.05, 0) is 23.8 Å². The first-order valence-electron chi connectivity index (χ1n) is 6.75. The molecule has 0 radical (unpaired) electrons. The molecular formula is C14H19N3OS. The number of thioether (sulfide) groups is 1. The number of nitrogens with zero attached hydrogens (tertiary/aromatic N) is 2. The minimum atomic E-state index is 0.117. The van der Waals surface area contributed by atoms with Gasteiger partial charge in [0.25, 0.3) is 0 Å². The van der Waals surface area contributed by atoms with Crippen molar-refractivity contribution < 1.29 is 4.79 Å². The minimum absolute atomic E-state index is 0.117. The molecule has 102 valence electrons. The van der Waals surface area contributed by atoms with Gasteiger partial charge >= 0.3 is 0 Å². The zero-order valence-electron chi connectivity index (χ0n) is 11.1. The fourth-order valence-corrected chi connectivity index (χ4v) is 4.16. The van der Waals surface area contributed by atoms with Crippen molar-refractivity contribution in [2.24, 2.45) is 0 Å². The quantitative estimate of drug-likeness (QED) is 0.908. The lowest BCUT2D eigenvalue weighted by Crippen LogP contribution is -2.41. The van der Waals surface area contributed by atoms with Crippen LogP contribution >= 0.6 is 11.8 Å². The van der Waals surface area contributed by atoms with E-state index in [1.165, 1.54) is 12.2 Å². The zero-order valence-corrected chi connectivity index (χ0v) is 11.9. The van der Waals surface area contributed by atoms with Gasteiger partial charge in [0.05, 0.1) is 6.04 Å². The van der Waals surface area contributed by atoms with Crippen LogP contribution in [0.4, 0.5) is 0 Å². The fourth-order valence-electron chi connectivity index (χ4n) is 2.99. The van der Waals surface area contributed by atoms with Gasteiger partial charge in [0.15, 0.2) is 0 Å². The van der Waals surface area contributed by atoms with Gasteiger partial charge in [-0.3, -0.25) is 9.78 Å². The Morgan fingerprint density at radius 2 is 2.42 bits per heavy atom. The van der Waals surface area contributed by atoms with Crippen molar-refractivity contribution in [3.63, 3.8) is 0 Å². The summed E-state index contributed by atoms with van der Waals surface area (Å²) in [5.74, 6) is 2.61. The van der Waals surface area contributed by atoms with Crippen molar-refractivity contribution >= 4 is 17.7 Å². The minimum Gasteiger partial charge on any atom is -0.337 e. The third-order valence-corrected chi connectivity index (χ3v) is 5.15. The molecule has 0 unspecified atom stereocenters. The van der Waals surface area contributed by atoms with Crippen LogP contribution in [0.15, 0.2) is 24.5 Å². The number of hydrogen-bond donors (Lipinski definition) is 1. The van der Waals surface area contributed by atoms with Crippen LogP contribution in [-0.2, 0) is 4.79 Å². The van der Waals surface area contributed by atoms with E-state index in [4.69, 9.17) is 0 Å². The number of likely N-dealkylation sites (N-methyl/N-ethyl adjacent to an activating group) is 1. The number of pyridine rings is 1. The molecule has 1 amide bonds. The summed E-state index contributed by atoms with van der Waals surface area (Å²) < 4.78 is 0. The SMILES string of the molecule is CN1C(=O)C[C@@H](N[C@@H]2CCSC2)[C@@H]1c1cccnc1. The molecule has 1 aromatic heterocycles. The molecule has 2 aliphatic heterocycles. The standard InChI is InChI=1S/C14H19N3OS/c1-17-13(18)7-12(16-11-4-6-19-9-11)14(17)10-3-2-5-15-8-10/h2-3,5,8,11-12,14,16H,4,6-7,9H2,1H3/t11-,12-,14+/m1/s1. The second-order valence-electron chi connectivity index (χ2n) is 5.27. The number of nitrogens with one attached hydrogen (secondary N) is 1. The van der Waals surface area contributed by atoms with Gasteiger partial charge in [-0.2, -0.15) is 11.8 Å². The molecule has 2 saturated heterocycles.